The van der Waals surface area contributed by atoms with Crippen molar-refractivity contribution in [3.63, 3.8) is 0 Å². The van der Waals surface area contributed by atoms with Crippen molar-refractivity contribution in [2.45, 2.75) is 18.9 Å². The molecule has 2 atom stereocenters. The summed E-state index contributed by atoms with van der Waals surface area (Å²) in [5, 5.41) is 21.3. The molecule has 7 nitrogen and oxygen atoms in total. The molecule has 23 heavy (non-hydrogen) atoms. The van der Waals surface area contributed by atoms with E-state index in [-0.39, 0.29) is 0 Å². The summed E-state index contributed by atoms with van der Waals surface area (Å²) in [6.07, 6.45) is 2.47. The maximum absolute atomic E-state index is 4.38. The van der Waals surface area contributed by atoms with Crippen LogP contribution in [0.1, 0.15) is 23.8 Å². The van der Waals surface area contributed by atoms with E-state index in [2.05, 4.69) is 55.4 Å². The number of hydrogen-bond donors (Lipinski definition) is 1. The van der Waals surface area contributed by atoms with Gasteiger partial charge in [0.25, 0.3) is 0 Å². The molecule has 0 radical (unpaired) electrons. The maximum atomic E-state index is 4.38. The number of likely N-dealkylation sites (tertiary alicyclic amines) is 1. The van der Waals surface area contributed by atoms with Crippen LogP contribution in [0.15, 0.2) is 29.6 Å². The SMILES string of the molecule is CN1CCC[C@H](CNc2ccc3nnnn3n2)[C@H]1c1cccs1. The van der Waals surface area contributed by atoms with Gasteiger partial charge in [-0.05, 0) is 66.4 Å². The Hall–Kier alpha value is -2.06. The Bertz CT molecular complexity index is 769. The van der Waals surface area contributed by atoms with Gasteiger partial charge in [-0.15, -0.1) is 26.2 Å². The van der Waals surface area contributed by atoms with Crippen molar-refractivity contribution in [3.05, 3.63) is 34.5 Å². The minimum atomic E-state index is 0.480. The van der Waals surface area contributed by atoms with Crippen LogP contribution in [-0.2, 0) is 0 Å². The monoisotopic (exact) mass is 329 g/mol. The van der Waals surface area contributed by atoms with Crippen LogP contribution in [0.5, 0.6) is 0 Å². The molecule has 4 rings (SSSR count). The highest BCUT2D eigenvalue weighted by molar-refractivity contribution is 7.10. The van der Waals surface area contributed by atoms with Crippen LogP contribution in [0.2, 0.25) is 0 Å². The number of aromatic nitrogens is 5. The second-order valence-electron chi connectivity index (χ2n) is 5.97. The summed E-state index contributed by atoms with van der Waals surface area (Å²) < 4.78 is 1.45. The van der Waals surface area contributed by atoms with Crippen LogP contribution in [-0.4, -0.2) is 50.3 Å². The zero-order valence-corrected chi connectivity index (χ0v) is 13.8. The zero-order valence-electron chi connectivity index (χ0n) is 13.0. The molecule has 1 saturated heterocycles. The number of fused-ring (bicyclic) bond motifs is 1. The minimum absolute atomic E-state index is 0.480. The van der Waals surface area contributed by atoms with Gasteiger partial charge in [0.2, 0.25) is 0 Å². The Balaban J connectivity index is 1.49. The van der Waals surface area contributed by atoms with Crippen molar-refractivity contribution in [3.8, 4) is 0 Å². The van der Waals surface area contributed by atoms with Gasteiger partial charge in [-0.2, -0.15) is 0 Å². The largest absolute Gasteiger partial charge is 0.368 e. The number of anilines is 1. The number of piperidine rings is 1. The van der Waals surface area contributed by atoms with Gasteiger partial charge < -0.3 is 5.32 Å². The van der Waals surface area contributed by atoms with Crippen LogP contribution in [0.25, 0.3) is 5.65 Å². The molecule has 1 aliphatic heterocycles. The molecule has 1 aliphatic rings. The lowest BCUT2D eigenvalue weighted by atomic mass is 9.88. The summed E-state index contributed by atoms with van der Waals surface area (Å²) in [5.74, 6) is 1.38. The molecule has 0 aliphatic carbocycles. The van der Waals surface area contributed by atoms with E-state index in [0.717, 1.165) is 18.9 Å². The first-order valence-corrected chi connectivity index (χ1v) is 8.72. The summed E-state index contributed by atoms with van der Waals surface area (Å²) in [5.41, 5.74) is 0.657. The number of nitrogens with one attached hydrogen (secondary N) is 1. The molecule has 1 N–H and O–H groups in total. The van der Waals surface area contributed by atoms with E-state index in [9.17, 15) is 0 Å². The van der Waals surface area contributed by atoms with E-state index in [1.54, 1.807) is 0 Å². The van der Waals surface area contributed by atoms with Gasteiger partial charge in [0.15, 0.2) is 5.65 Å². The molecule has 120 valence electrons. The molecular formula is C15H19N7S. The summed E-state index contributed by atoms with van der Waals surface area (Å²) >= 11 is 1.85. The second-order valence-corrected chi connectivity index (χ2v) is 6.95. The van der Waals surface area contributed by atoms with E-state index >= 15 is 0 Å². The topological polar surface area (TPSA) is 71.2 Å². The van der Waals surface area contributed by atoms with E-state index in [0.29, 0.717) is 17.6 Å². The van der Waals surface area contributed by atoms with E-state index < -0.39 is 0 Å². The first-order chi connectivity index (χ1) is 11.3. The number of tetrazole rings is 1. The quantitative estimate of drug-likeness (QED) is 0.790. The van der Waals surface area contributed by atoms with Crippen molar-refractivity contribution in [2.75, 3.05) is 25.5 Å². The van der Waals surface area contributed by atoms with Crippen molar-refractivity contribution in [1.82, 2.24) is 30.2 Å². The van der Waals surface area contributed by atoms with Crippen LogP contribution in [0.4, 0.5) is 5.82 Å². The van der Waals surface area contributed by atoms with E-state index in [4.69, 9.17) is 0 Å². The third kappa shape index (κ3) is 2.91. The molecule has 3 aromatic heterocycles. The fraction of sp³-hybridized carbons (Fsp3) is 0.467. The third-order valence-electron chi connectivity index (χ3n) is 4.46. The van der Waals surface area contributed by atoms with Gasteiger partial charge in [0.1, 0.15) is 5.82 Å². The molecule has 0 bridgehead atoms. The summed E-state index contributed by atoms with van der Waals surface area (Å²) in [6.45, 7) is 2.06. The van der Waals surface area contributed by atoms with Gasteiger partial charge in [-0.3, -0.25) is 4.90 Å². The van der Waals surface area contributed by atoms with Gasteiger partial charge in [0.05, 0.1) is 0 Å². The molecule has 0 aromatic carbocycles. The molecule has 8 heteroatoms. The van der Waals surface area contributed by atoms with Crippen molar-refractivity contribution in [2.24, 2.45) is 5.92 Å². The molecule has 3 aromatic rings. The van der Waals surface area contributed by atoms with Gasteiger partial charge >= 0.3 is 0 Å². The molecule has 0 amide bonds. The fourth-order valence-electron chi connectivity index (χ4n) is 3.36. The Morgan fingerprint density at radius 1 is 1.35 bits per heavy atom. The summed E-state index contributed by atoms with van der Waals surface area (Å²) in [4.78, 5) is 3.92. The number of thiophene rings is 1. The van der Waals surface area contributed by atoms with Crippen LogP contribution < -0.4 is 5.32 Å². The molecule has 4 heterocycles. The second kappa shape index (κ2) is 6.21. The number of nitrogens with zero attached hydrogens (tertiary/aromatic N) is 6. The number of hydrogen-bond acceptors (Lipinski definition) is 7. The van der Waals surface area contributed by atoms with E-state index in [1.807, 2.05) is 23.5 Å². The standard InChI is InChI=1S/C15H19N7S/c1-21-8-2-4-11(15(21)12-5-3-9-23-12)10-16-13-6-7-14-17-19-20-22(14)18-13/h3,5-7,9,11,15H,2,4,8,10H2,1H3,(H,16,18)/t11-,15+/m1/s1. The highest BCUT2D eigenvalue weighted by atomic mass is 32.1. The van der Waals surface area contributed by atoms with Crippen LogP contribution in [0.3, 0.4) is 0 Å². The zero-order chi connectivity index (χ0) is 15.6. The first kappa shape index (κ1) is 14.5. The molecule has 0 spiro atoms. The van der Waals surface area contributed by atoms with Gasteiger partial charge in [0, 0.05) is 17.5 Å². The third-order valence-corrected chi connectivity index (χ3v) is 5.40. The molecule has 1 fully saturated rings. The lowest BCUT2D eigenvalue weighted by molar-refractivity contribution is 0.130. The number of rotatable bonds is 4. The Morgan fingerprint density at radius 2 is 2.30 bits per heavy atom. The summed E-state index contributed by atoms with van der Waals surface area (Å²) in [7, 11) is 2.22. The summed E-state index contributed by atoms with van der Waals surface area (Å²) in [6, 6.07) is 8.67. The Kier molecular flexibility index (Phi) is 3.92. The van der Waals surface area contributed by atoms with Gasteiger partial charge in [-0.1, -0.05) is 6.07 Å². The lowest BCUT2D eigenvalue weighted by Gasteiger charge is -2.38. The average Bonchev–Trinajstić information content (AvgIpc) is 3.23. The van der Waals surface area contributed by atoms with Gasteiger partial charge in [-0.25, -0.2) is 0 Å². The Morgan fingerprint density at radius 3 is 3.17 bits per heavy atom. The highest BCUT2D eigenvalue weighted by Crippen LogP contribution is 2.37. The maximum Gasteiger partial charge on any atom is 0.200 e. The van der Waals surface area contributed by atoms with Crippen LogP contribution >= 0.6 is 11.3 Å². The first-order valence-electron chi connectivity index (χ1n) is 7.84. The van der Waals surface area contributed by atoms with Crippen LogP contribution in [0, 0.1) is 5.92 Å². The van der Waals surface area contributed by atoms with Crippen molar-refractivity contribution < 1.29 is 0 Å². The predicted molar refractivity (Wildman–Crippen MR) is 89.5 cm³/mol. The molecular weight excluding hydrogens is 310 g/mol. The van der Waals surface area contributed by atoms with Crippen molar-refractivity contribution in [1.29, 1.82) is 0 Å². The molecule has 0 saturated carbocycles. The Labute approximate surface area is 138 Å². The highest BCUT2D eigenvalue weighted by Gasteiger charge is 2.31. The average molecular weight is 329 g/mol. The fourth-order valence-corrected chi connectivity index (χ4v) is 4.35. The minimum Gasteiger partial charge on any atom is -0.368 e. The van der Waals surface area contributed by atoms with Crippen molar-refractivity contribution >= 4 is 22.8 Å². The normalized spacial score (nSPS) is 22.5. The smallest absolute Gasteiger partial charge is 0.200 e. The van der Waals surface area contributed by atoms with E-state index in [1.165, 1.54) is 22.3 Å². The lowest BCUT2D eigenvalue weighted by Crippen LogP contribution is -2.38. The molecule has 0 unspecified atom stereocenters. The predicted octanol–water partition coefficient (Wildman–Crippen LogP) is 2.08.